The number of imide groups is 1. The molecule has 0 aliphatic heterocycles. The Morgan fingerprint density at radius 3 is 2.35 bits per heavy atom. The first-order chi connectivity index (χ1) is 10.6. The average molecular weight is 320 g/mol. The summed E-state index contributed by atoms with van der Waals surface area (Å²) in [5, 5.41) is 7.76. The Kier molecular flexibility index (Phi) is 6.12. The maximum absolute atomic E-state index is 11.9. The molecule has 0 atom stereocenters. The number of nitrogens with zero attached hydrogens (tertiary/aromatic N) is 1. The number of carbonyl (C=O) groups is 3. The molecule has 0 spiro atoms. The normalized spacial score (nSPS) is 10.7. The van der Waals surface area contributed by atoms with E-state index < -0.39 is 17.5 Å². The van der Waals surface area contributed by atoms with E-state index in [2.05, 4.69) is 16.0 Å². The van der Waals surface area contributed by atoms with Crippen molar-refractivity contribution in [3.8, 4) is 0 Å². The van der Waals surface area contributed by atoms with Crippen molar-refractivity contribution in [3.05, 3.63) is 29.8 Å². The summed E-state index contributed by atoms with van der Waals surface area (Å²) in [7, 11) is 3.34. The Morgan fingerprint density at radius 2 is 1.78 bits per heavy atom. The van der Waals surface area contributed by atoms with E-state index in [0.717, 1.165) is 0 Å². The van der Waals surface area contributed by atoms with E-state index in [0.29, 0.717) is 11.3 Å². The number of anilines is 1. The lowest BCUT2D eigenvalue weighted by Gasteiger charge is -2.20. The molecule has 7 heteroatoms. The lowest BCUT2D eigenvalue weighted by atomic mass is 10.1. The Labute approximate surface area is 136 Å². The maximum Gasteiger partial charge on any atom is 0.321 e. The lowest BCUT2D eigenvalue weighted by molar-refractivity contribution is -0.118. The van der Waals surface area contributed by atoms with Gasteiger partial charge in [-0.1, -0.05) is 6.07 Å². The number of benzene rings is 1. The minimum atomic E-state index is -0.541. The third-order valence-corrected chi connectivity index (χ3v) is 2.71. The molecule has 3 N–H and O–H groups in total. The Morgan fingerprint density at radius 1 is 1.13 bits per heavy atom. The van der Waals surface area contributed by atoms with E-state index in [9.17, 15) is 14.4 Å². The van der Waals surface area contributed by atoms with Crippen molar-refractivity contribution in [1.29, 1.82) is 0 Å². The van der Waals surface area contributed by atoms with Crippen LogP contribution in [0, 0.1) is 0 Å². The molecule has 4 amide bonds. The van der Waals surface area contributed by atoms with Gasteiger partial charge in [-0.2, -0.15) is 0 Å². The van der Waals surface area contributed by atoms with Crippen LogP contribution in [0.1, 0.15) is 31.1 Å². The first-order valence-corrected chi connectivity index (χ1v) is 7.26. The van der Waals surface area contributed by atoms with E-state index in [1.165, 1.54) is 4.90 Å². The highest BCUT2D eigenvalue weighted by Gasteiger charge is 2.15. The van der Waals surface area contributed by atoms with Crippen LogP contribution in [-0.2, 0) is 4.79 Å². The van der Waals surface area contributed by atoms with Crippen molar-refractivity contribution >= 4 is 23.5 Å². The third-order valence-electron chi connectivity index (χ3n) is 2.71. The zero-order valence-corrected chi connectivity index (χ0v) is 14.2. The number of amides is 4. The molecule has 1 aromatic rings. The standard InChI is InChI=1S/C16H24N4O3/c1-16(2,3)19-15(23)18-13(21)10-17-12-8-6-7-11(9-12)14(22)20(4)5/h6-9,17H,10H2,1-5H3,(H2,18,19,21,23). The molecule has 0 aliphatic carbocycles. The lowest BCUT2D eigenvalue weighted by Crippen LogP contribution is -2.49. The van der Waals surface area contributed by atoms with Crippen LogP contribution >= 0.6 is 0 Å². The van der Waals surface area contributed by atoms with Crippen molar-refractivity contribution < 1.29 is 14.4 Å². The zero-order chi connectivity index (χ0) is 17.6. The number of rotatable bonds is 4. The highest BCUT2D eigenvalue weighted by Crippen LogP contribution is 2.11. The van der Waals surface area contributed by atoms with Crippen LogP contribution in [-0.4, -0.2) is 48.9 Å². The highest BCUT2D eigenvalue weighted by atomic mass is 16.2. The molecule has 23 heavy (non-hydrogen) atoms. The van der Waals surface area contributed by atoms with Gasteiger partial charge in [0.1, 0.15) is 0 Å². The smallest absolute Gasteiger partial charge is 0.321 e. The van der Waals surface area contributed by atoms with E-state index >= 15 is 0 Å². The Balaban J connectivity index is 2.55. The van der Waals surface area contributed by atoms with Gasteiger partial charge < -0.3 is 15.5 Å². The molecular formula is C16H24N4O3. The van der Waals surface area contributed by atoms with Crippen LogP contribution in [0.2, 0.25) is 0 Å². The van der Waals surface area contributed by atoms with Crippen molar-refractivity contribution in [1.82, 2.24) is 15.5 Å². The summed E-state index contributed by atoms with van der Waals surface area (Å²) < 4.78 is 0. The number of urea groups is 1. The predicted molar refractivity (Wildman–Crippen MR) is 89.4 cm³/mol. The molecular weight excluding hydrogens is 296 g/mol. The molecule has 0 bridgehead atoms. The molecule has 1 rings (SSSR count). The molecule has 1 aromatic carbocycles. The van der Waals surface area contributed by atoms with E-state index in [1.807, 2.05) is 20.8 Å². The summed E-state index contributed by atoms with van der Waals surface area (Å²) in [6.07, 6.45) is 0. The fourth-order valence-electron chi connectivity index (χ4n) is 1.75. The molecule has 0 unspecified atom stereocenters. The maximum atomic E-state index is 11.9. The van der Waals surface area contributed by atoms with E-state index in [1.54, 1.807) is 38.4 Å². The highest BCUT2D eigenvalue weighted by molar-refractivity contribution is 5.97. The van der Waals surface area contributed by atoms with Crippen LogP contribution in [0.4, 0.5) is 10.5 Å². The average Bonchev–Trinajstić information content (AvgIpc) is 2.42. The van der Waals surface area contributed by atoms with Gasteiger partial charge in [-0.05, 0) is 39.0 Å². The van der Waals surface area contributed by atoms with Crippen molar-refractivity contribution in [2.75, 3.05) is 26.0 Å². The molecule has 0 aliphatic rings. The van der Waals surface area contributed by atoms with Gasteiger partial charge in [0, 0.05) is 30.9 Å². The summed E-state index contributed by atoms with van der Waals surface area (Å²) in [6, 6.07) is 6.29. The summed E-state index contributed by atoms with van der Waals surface area (Å²) in [4.78, 5) is 36.7. The van der Waals surface area contributed by atoms with Crippen LogP contribution in [0.3, 0.4) is 0 Å². The molecule has 7 nitrogen and oxygen atoms in total. The van der Waals surface area contributed by atoms with E-state index in [4.69, 9.17) is 0 Å². The van der Waals surface area contributed by atoms with Crippen LogP contribution in [0.5, 0.6) is 0 Å². The molecule has 0 saturated heterocycles. The number of hydrogen-bond acceptors (Lipinski definition) is 4. The second-order valence-corrected chi connectivity index (χ2v) is 6.39. The molecule has 0 saturated carbocycles. The predicted octanol–water partition coefficient (Wildman–Crippen LogP) is 1.42. The monoisotopic (exact) mass is 320 g/mol. The molecule has 0 heterocycles. The van der Waals surface area contributed by atoms with Crippen LogP contribution in [0.25, 0.3) is 0 Å². The Hall–Kier alpha value is -2.57. The minimum Gasteiger partial charge on any atom is -0.376 e. The van der Waals surface area contributed by atoms with Gasteiger partial charge >= 0.3 is 6.03 Å². The summed E-state index contributed by atoms with van der Waals surface area (Å²) in [5.41, 5.74) is 0.730. The SMILES string of the molecule is CN(C)C(=O)c1cccc(NCC(=O)NC(=O)NC(C)(C)C)c1. The van der Waals surface area contributed by atoms with Crippen LogP contribution < -0.4 is 16.0 Å². The minimum absolute atomic E-state index is 0.0723. The van der Waals surface area contributed by atoms with Gasteiger partial charge in [0.15, 0.2) is 0 Å². The van der Waals surface area contributed by atoms with Crippen molar-refractivity contribution in [2.24, 2.45) is 0 Å². The number of nitrogens with one attached hydrogen (secondary N) is 3. The second-order valence-electron chi connectivity index (χ2n) is 6.39. The Bertz CT molecular complexity index is 591. The summed E-state index contributed by atoms with van der Waals surface area (Å²) in [5.74, 6) is -0.584. The number of carbonyl (C=O) groups excluding carboxylic acids is 3. The fourth-order valence-corrected chi connectivity index (χ4v) is 1.75. The van der Waals surface area contributed by atoms with Crippen LogP contribution in [0.15, 0.2) is 24.3 Å². The first-order valence-electron chi connectivity index (χ1n) is 7.26. The van der Waals surface area contributed by atoms with E-state index in [-0.39, 0.29) is 12.5 Å². The molecule has 0 radical (unpaired) electrons. The second kappa shape index (κ2) is 7.62. The van der Waals surface area contributed by atoms with Gasteiger partial charge in [0.05, 0.1) is 6.54 Å². The number of hydrogen-bond donors (Lipinski definition) is 3. The van der Waals surface area contributed by atoms with Gasteiger partial charge in [-0.15, -0.1) is 0 Å². The van der Waals surface area contributed by atoms with Crippen molar-refractivity contribution in [2.45, 2.75) is 26.3 Å². The van der Waals surface area contributed by atoms with Crippen molar-refractivity contribution in [3.63, 3.8) is 0 Å². The van der Waals surface area contributed by atoms with Gasteiger partial charge in [-0.3, -0.25) is 14.9 Å². The van der Waals surface area contributed by atoms with Gasteiger partial charge in [0.25, 0.3) is 5.91 Å². The zero-order valence-electron chi connectivity index (χ0n) is 14.2. The molecule has 0 fully saturated rings. The summed E-state index contributed by atoms with van der Waals surface area (Å²) in [6.45, 7) is 5.39. The quantitative estimate of drug-likeness (QED) is 0.782. The first kappa shape index (κ1) is 18.5. The summed E-state index contributed by atoms with van der Waals surface area (Å²) >= 11 is 0. The topological polar surface area (TPSA) is 90.5 Å². The molecule has 0 aromatic heterocycles. The fraction of sp³-hybridized carbons (Fsp3) is 0.438. The van der Waals surface area contributed by atoms with Gasteiger partial charge in [0.2, 0.25) is 5.91 Å². The molecule has 126 valence electrons. The largest absolute Gasteiger partial charge is 0.376 e. The van der Waals surface area contributed by atoms with Gasteiger partial charge in [-0.25, -0.2) is 4.79 Å². The third kappa shape index (κ3) is 6.82.